The fourth-order valence-corrected chi connectivity index (χ4v) is 4.21. The molecule has 112 valence electrons. The Hall–Kier alpha value is -1.80. The van der Waals surface area contributed by atoms with Gasteiger partial charge in [0.05, 0.1) is 9.95 Å². The van der Waals surface area contributed by atoms with Gasteiger partial charge in [0.15, 0.2) is 0 Å². The van der Waals surface area contributed by atoms with Crippen molar-refractivity contribution in [3.8, 4) is 0 Å². The van der Waals surface area contributed by atoms with Gasteiger partial charge in [-0.25, -0.2) is 13.2 Å². The van der Waals surface area contributed by atoms with Gasteiger partial charge in [0, 0.05) is 18.7 Å². The maximum Gasteiger partial charge on any atom is 0.270 e. The van der Waals surface area contributed by atoms with Crippen molar-refractivity contribution in [1.29, 1.82) is 0 Å². The quantitative estimate of drug-likeness (QED) is 0.361. The average molecular weight is 332 g/mol. The summed E-state index contributed by atoms with van der Waals surface area (Å²) >= 11 is 5.85. The lowest BCUT2D eigenvalue weighted by Gasteiger charge is -2.20. The van der Waals surface area contributed by atoms with Crippen LogP contribution in [0.25, 0.3) is 0 Å². The van der Waals surface area contributed by atoms with Gasteiger partial charge in [-0.1, -0.05) is 11.6 Å². The number of hydrogen-bond donors (Lipinski definition) is 0. The van der Waals surface area contributed by atoms with Crippen molar-refractivity contribution in [2.24, 2.45) is 4.99 Å². The Morgan fingerprint density at radius 2 is 2.19 bits per heavy atom. The van der Waals surface area contributed by atoms with Crippen LogP contribution in [-0.2, 0) is 14.8 Å². The van der Waals surface area contributed by atoms with Crippen LogP contribution in [0.4, 0.5) is 5.69 Å². The SMILES string of the molecule is O=C=NC1CCCN1S(=O)(=O)c1cc([N+](=O)[O-])ccc1Cl. The van der Waals surface area contributed by atoms with Crippen molar-refractivity contribution >= 4 is 33.4 Å². The van der Waals surface area contributed by atoms with Crippen LogP contribution in [-0.4, -0.2) is 36.4 Å². The van der Waals surface area contributed by atoms with Gasteiger partial charge in [-0.2, -0.15) is 9.30 Å². The average Bonchev–Trinajstić information content (AvgIpc) is 2.88. The number of sulfonamides is 1. The number of non-ortho nitro benzene ring substituents is 1. The van der Waals surface area contributed by atoms with Gasteiger partial charge in [0.2, 0.25) is 16.1 Å². The molecule has 0 spiro atoms. The fraction of sp³-hybridized carbons (Fsp3) is 0.364. The van der Waals surface area contributed by atoms with Crippen LogP contribution in [0.3, 0.4) is 0 Å². The van der Waals surface area contributed by atoms with Gasteiger partial charge < -0.3 is 0 Å². The van der Waals surface area contributed by atoms with E-state index in [0.717, 1.165) is 22.5 Å². The molecule has 0 aromatic heterocycles. The first-order valence-electron chi connectivity index (χ1n) is 5.90. The molecular weight excluding hydrogens is 322 g/mol. The molecule has 1 aromatic rings. The van der Waals surface area contributed by atoms with Crippen molar-refractivity contribution in [3.05, 3.63) is 33.3 Å². The molecule has 0 amide bonds. The minimum Gasteiger partial charge on any atom is -0.258 e. The minimum atomic E-state index is -4.07. The molecule has 10 heteroatoms. The largest absolute Gasteiger partial charge is 0.270 e. The minimum absolute atomic E-state index is 0.124. The first-order valence-corrected chi connectivity index (χ1v) is 7.72. The molecule has 0 bridgehead atoms. The van der Waals surface area contributed by atoms with E-state index in [2.05, 4.69) is 4.99 Å². The summed E-state index contributed by atoms with van der Waals surface area (Å²) in [7, 11) is -4.07. The third-order valence-corrected chi connectivity index (χ3v) is 5.47. The molecule has 2 rings (SSSR count). The lowest BCUT2D eigenvalue weighted by Crippen LogP contribution is -2.34. The van der Waals surface area contributed by atoms with E-state index < -0.39 is 21.1 Å². The summed E-state index contributed by atoms with van der Waals surface area (Å²) < 4.78 is 26.1. The zero-order valence-corrected chi connectivity index (χ0v) is 12.2. The Bertz CT molecular complexity index is 729. The second kappa shape index (κ2) is 5.90. The number of rotatable bonds is 4. The van der Waals surface area contributed by atoms with Crippen LogP contribution in [0.2, 0.25) is 5.02 Å². The van der Waals surface area contributed by atoms with Gasteiger partial charge in [-0.15, -0.1) is 0 Å². The summed E-state index contributed by atoms with van der Waals surface area (Å²) in [5.74, 6) is 0. The third kappa shape index (κ3) is 2.96. The Morgan fingerprint density at radius 3 is 2.81 bits per heavy atom. The molecule has 0 radical (unpaired) electrons. The lowest BCUT2D eigenvalue weighted by molar-refractivity contribution is -0.385. The number of nitro benzene ring substituents is 1. The number of hydrogen-bond acceptors (Lipinski definition) is 6. The Labute approximate surface area is 125 Å². The highest BCUT2D eigenvalue weighted by Crippen LogP contribution is 2.32. The summed E-state index contributed by atoms with van der Waals surface area (Å²) in [6.07, 6.45) is 1.41. The van der Waals surface area contributed by atoms with E-state index in [1.807, 2.05) is 0 Å². The number of halogens is 1. The predicted octanol–water partition coefficient (Wildman–Crippen LogP) is 1.69. The van der Waals surface area contributed by atoms with E-state index in [1.165, 1.54) is 6.08 Å². The molecule has 21 heavy (non-hydrogen) atoms. The summed E-state index contributed by atoms with van der Waals surface area (Å²) in [6.45, 7) is 0.164. The molecule has 1 atom stereocenters. The number of carbonyl (C=O) groups excluding carboxylic acids is 1. The lowest BCUT2D eigenvalue weighted by atomic mass is 10.3. The van der Waals surface area contributed by atoms with Crippen molar-refractivity contribution in [1.82, 2.24) is 4.31 Å². The van der Waals surface area contributed by atoms with Crippen LogP contribution in [0, 0.1) is 10.1 Å². The van der Waals surface area contributed by atoms with Crippen molar-refractivity contribution in [2.45, 2.75) is 23.9 Å². The van der Waals surface area contributed by atoms with Crippen molar-refractivity contribution in [2.75, 3.05) is 6.54 Å². The van der Waals surface area contributed by atoms with E-state index in [0.29, 0.717) is 12.8 Å². The molecule has 1 aromatic carbocycles. The second-order valence-electron chi connectivity index (χ2n) is 4.33. The van der Waals surface area contributed by atoms with Gasteiger partial charge in [0.1, 0.15) is 11.1 Å². The summed E-state index contributed by atoms with van der Waals surface area (Å²) in [4.78, 5) is 23.5. The molecule has 1 fully saturated rings. The highest BCUT2D eigenvalue weighted by molar-refractivity contribution is 7.89. The Balaban J connectivity index is 2.51. The van der Waals surface area contributed by atoms with E-state index >= 15 is 0 Å². The molecule has 0 aliphatic carbocycles. The molecule has 8 nitrogen and oxygen atoms in total. The first kappa shape index (κ1) is 15.6. The molecule has 1 unspecified atom stereocenters. The molecular formula is C11H10ClN3O5S. The molecule has 1 saturated heterocycles. The van der Waals surface area contributed by atoms with Gasteiger partial charge >= 0.3 is 0 Å². The fourth-order valence-electron chi connectivity index (χ4n) is 2.12. The topological polar surface area (TPSA) is 110 Å². The number of aliphatic imine (C=N–C) groups is 1. The molecule has 1 heterocycles. The van der Waals surface area contributed by atoms with Crippen LogP contribution in [0.1, 0.15) is 12.8 Å². The number of nitro groups is 1. The van der Waals surface area contributed by atoms with Gasteiger partial charge in [-0.05, 0) is 18.9 Å². The maximum absolute atomic E-state index is 12.5. The molecule has 0 N–H and O–H groups in total. The smallest absolute Gasteiger partial charge is 0.258 e. The summed E-state index contributed by atoms with van der Waals surface area (Å²) in [6, 6.07) is 3.17. The Kier molecular flexibility index (Phi) is 4.38. The van der Waals surface area contributed by atoms with Crippen LogP contribution < -0.4 is 0 Å². The van der Waals surface area contributed by atoms with Gasteiger partial charge in [0.25, 0.3) is 5.69 Å². The van der Waals surface area contributed by atoms with Crippen LogP contribution in [0.15, 0.2) is 28.1 Å². The monoisotopic (exact) mass is 331 g/mol. The maximum atomic E-state index is 12.5. The molecule has 1 aliphatic rings. The molecule has 0 saturated carbocycles. The zero-order chi connectivity index (χ0) is 15.6. The number of nitrogens with zero attached hydrogens (tertiary/aromatic N) is 3. The summed E-state index contributed by atoms with van der Waals surface area (Å²) in [5.41, 5.74) is -0.382. The van der Waals surface area contributed by atoms with E-state index in [4.69, 9.17) is 11.6 Å². The van der Waals surface area contributed by atoms with E-state index in [9.17, 15) is 23.3 Å². The molecule has 1 aliphatic heterocycles. The highest BCUT2D eigenvalue weighted by Gasteiger charge is 2.37. The van der Waals surface area contributed by atoms with Crippen LogP contribution >= 0.6 is 11.6 Å². The van der Waals surface area contributed by atoms with E-state index in [1.54, 1.807) is 0 Å². The van der Waals surface area contributed by atoms with Crippen molar-refractivity contribution < 1.29 is 18.1 Å². The predicted molar refractivity (Wildman–Crippen MR) is 73.1 cm³/mol. The zero-order valence-electron chi connectivity index (χ0n) is 10.6. The van der Waals surface area contributed by atoms with E-state index in [-0.39, 0.29) is 22.2 Å². The second-order valence-corrected chi connectivity index (χ2v) is 6.60. The standard InChI is InChI=1S/C11H10ClN3O5S/c12-9-4-3-8(15(17)18)6-10(9)21(19,20)14-5-1-2-11(14)13-7-16/h3-4,6,11H,1-2,5H2. The third-order valence-electron chi connectivity index (χ3n) is 3.09. The normalized spacial score (nSPS) is 19.2. The van der Waals surface area contributed by atoms with Crippen molar-refractivity contribution in [3.63, 3.8) is 0 Å². The summed E-state index contributed by atoms with van der Waals surface area (Å²) in [5, 5.41) is 10.6. The van der Waals surface area contributed by atoms with Crippen LogP contribution in [0.5, 0.6) is 0 Å². The van der Waals surface area contributed by atoms with Gasteiger partial charge in [-0.3, -0.25) is 10.1 Å². The number of isocyanates is 1. The Morgan fingerprint density at radius 1 is 1.48 bits per heavy atom. The first-order chi connectivity index (χ1) is 9.87. The number of benzene rings is 1. The highest BCUT2D eigenvalue weighted by atomic mass is 35.5.